The predicted octanol–water partition coefficient (Wildman–Crippen LogP) is 5.26. The van der Waals surface area contributed by atoms with Crippen molar-refractivity contribution in [2.45, 2.75) is 51.5 Å². The van der Waals surface area contributed by atoms with Crippen LogP contribution in [0.15, 0.2) is 53.5 Å². The van der Waals surface area contributed by atoms with Crippen LogP contribution in [-0.2, 0) is 6.54 Å². The first-order chi connectivity index (χ1) is 14.8. The van der Waals surface area contributed by atoms with E-state index >= 15 is 0 Å². The monoisotopic (exact) mass is 406 g/mol. The Hall–Kier alpha value is -2.33. The van der Waals surface area contributed by atoms with Gasteiger partial charge in [0.1, 0.15) is 5.75 Å². The van der Waals surface area contributed by atoms with Gasteiger partial charge in [-0.1, -0.05) is 55.7 Å². The Morgan fingerprint density at radius 2 is 1.80 bits per heavy atom. The molecule has 2 heterocycles. The van der Waals surface area contributed by atoms with E-state index < -0.39 is 0 Å². The summed E-state index contributed by atoms with van der Waals surface area (Å²) in [6, 6.07) is 12.2. The number of para-hydroxylation sites is 1. The SMILES string of the molecule is O=c1[nH]cccc1CN1CCC(/C=C\c2ccccc2OCC2CCCCC2)CC1. The molecule has 0 amide bonds. The van der Waals surface area contributed by atoms with Crippen LogP contribution in [0.5, 0.6) is 5.75 Å². The van der Waals surface area contributed by atoms with Crippen molar-refractivity contribution < 1.29 is 4.74 Å². The number of aromatic amines is 1. The number of benzene rings is 1. The van der Waals surface area contributed by atoms with Gasteiger partial charge in [0.2, 0.25) is 0 Å². The summed E-state index contributed by atoms with van der Waals surface area (Å²) in [6.45, 7) is 3.65. The molecule has 0 unspecified atom stereocenters. The molecule has 4 rings (SSSR count). The number of ether oxygens (including phenoxy) is 1. The van der Waals surface area contributed by atoms with Gasteiger partial charge in [0.25, 0.3) is 5.56 Å². The van der Waals surface area contributed by atoms with Crippen LogP contribution >= 0.6 is 0 Å². The lowest BCUT2D eigenvalue weighted by Gasteiger charge is -2.30. The second kappa shape index (κ2) is 10.6. The normalized spacial score (nSPS) is 19.3. The molecule has 30 heavy (non-hydrogen) atoms. The topological polar surface area (TPSA) is 45.3 Å². The summed E-state index contributed by atoms with van der Waals surface area (Å²) in [6.07, 6.45) is 15.3. The van der Waals surface area contributed by atoms with Crippen LogP contribution in [0, 0.1) is 11.8 Å². The van der Waals surface area contributed by atoms with Crippen LogP contribution in [0.4, 0.5) is 0 Å². The third-order valence-electron chi connectivity index (χ3n) is 6.59. The lowest BCUT2D eigenvalue weighted by atomic mass is 9.90. The van der Waals surface area contributed by atoms with Crippen molar-refractivity contribution in [3.8, 4) is 5.75 Å². The van der Waals surface area contributed by atoms with Crippen LogP contribution in [-0.4, -0.2) is 29.6 Å². The molecule has 1 aliphatic carbocycles. The van der Waals surface area contributed by atoms with Gasteiger partial charge in [0.15, 0.2) is 0 Å². The first-order valence-corrected chi connectivity index (χ1v) is 11.6. The highest BCUT2D eigenvalue weighted by atomic mass is 16.5. The van der Waals surface area contributed by atoms with Crippen LogP contribution in [0.25, 0.3) is 6.08 Å². The van der Waals surface area contributed by atoms with E-state index in [1.165, 1.54) is 37.7 Å². The Labute approximate surface area is 180 Å². The largest absolute Gasteiger partial charge is 0.493 e. The van der Waals surface area contributed by atoms with E-state index in [0.29, 0.717) is 5.92 Å². The fourth-order valence-electron chi connectivity index (χ4n) is 4.68. The lowest BCUT2D eigenvalue weighted by Crippen LogP contribution is -2.34. The van der Waals surface area contributed by atoms with E-state index in [-0.39, 0.29) is 5.56 Å². The van der Waals surface area contributed by atoms with Crippen molar-refractivity contribution in [2.75, 3.05) is 19.7 Å². The van der Waals surface area contributed by atoms with E-state index in [0.717, 1.165) is 56.3 Å². The van der Waals surface area contributed by atoms with Gasteiger partial charge in [-0.3, -0.25) is 9.69 Å². The number of piperidine rings is 1. The average molecular weight is 407 g/mol. The maximum Gasteiger partial charge on any atom is 0.252 e. The van der Waals surface area contributed by atoms with Gasteiger partial charge < -0.3 is 9.72 Å². The van der Waals surface area contributed by atoms with Crippen molar-refractivity contribution in [3.63, 3.8) is 0 Å². The fraction of sp³-hybridized carbons (Fsp3) is 0.500. The average Bonchev–Trinajstić information content (AvgIpc) is 2.80. The quantitative estimate of drug-likeness (QED) is 0.682. The molecule has 4 nitrogen and oxygen atoms in total. The lowest BCUT2D eigenvalue weighted by molar-refractivity contribution is 0.195. The third-order valence-corrected chi connectivity index (χ3v) is 6.59. The minimum absolute atomic E-state index is 0.0318. The summed E-state index contributed by atoms with van der Waals surface area (Å²) >= 11 is 0. The van der Waals surface area contributed by atoms with Crippen molar-refractivity contribution in [1.82, 2.24) is 9.88 Å². The third kappa shape index (κ3) is 5.85. The van der Waals surface area contributed by atoms with Crippen molar-refractivity contribution >= 4 is 6.08 Å². The molecule has 4 heteroatoms. The second-order valence-electron chi connectivity index (χ2n) is 8.85. The van der Waals surface area contributed by atoms with Crippen molar-refractivity contribution in [3.05, 3.63) is 70.2 Å². The molecule has 1 saturated heterocycles. The highest BCUT2D eigenvalue weighted by Gasteiger charge is 2.18. The smallest absolute Gasteiger partial charge is 0.252 e. The van der Waals surface area contributed by atoms with Crippen LogP contribution in [0.1, 0.15) is 56.1 Å². The Morgan fingerprint density at radius 1 is 1.00 bits per heavy atom. The zero-order chi connectivity index (χ0) is 20.6. The molecule has 2 fully saturated rings. The summed E-state index contributed by atoms with van der Waals surface area (Å²) in [5, 5.41) is 0. The Morgan fingerprint density at radius 3 is 2.60 bits per heavy atom. The molecule has 1 saturated carbocycles. The number of H-pyrrole nitrogens is 1. The molecule has 0 atom stereocenters. The summed E-state index contributed by atoms with van der Waals surface area (Å²) in [5.74, 6) is 2.32. The van der Waals surface area contributed by atoms with E-state index in [1.54, 1.807) is 6.20 Å². The van der Waals surface area contributed by atoms with Gasteiger partial charge in [0, 0.05) is 23.9 Å². The van der Waals surface area contributed by atoms with Crippen LogP contribution in [0.3, 0.4) is 0 Å². The molecule has 1 aromatic heterocycles. The number of aromatic nitrogens is 1. The van der Waals surface area contributed by atoms with Crippen LogP contribution in [0.2, 0.25) is 0 Å². The maximum absolute atomic E-state index is 11.9. The number of nitrogens with one attached hydrogen (secondary N) is 1. The number of nitrogens with zero attached hydrogens (tertiary/aromatic N) is 1. The minimum atomic E-state index is 0.0318. The number of allylic oxidation sites excluding steroid dienone is 1. The van der Waals surface area contributed by atoms with Gasteiger partial charge in [-0.25, -0.2) is 0 Å². The summed E-state index contributed by atoms with van der Waals surface area (Å²) in [4.78, 5) is 17.1. The molecule has 1 aromatic carbocycles. The molecule has 1 aliphatic heterocycles. The first kappa shape index (κ1) is 20.9. The van der Waals surface area contributed by atoms with Gasteiger partial charge in [-0.15, -0.1) is 0 Å². The fourth-order valence-corrected chi connectivity index (χ4v) is 4.68. The van der Waals surface area contributed by atoms with Crippen molar-refractivity contribution in [2.24, 2.45) is 11.8 Å². The Kier molecular flexibility index (Phi) is 7.41. The number of hydrogen-bond acceptors (Lipinski definition) is 3. The van der Waals surface area contributed by atoms with Crippen LogP contribution < -0.4 is 10.3 Å². The molecule has 0 radical (unpaired) electrons. The van der Waals surface area contributed by atoms with E-state index in [2.05, 4.69) is 46.3 Å². The second-order valence-corrected chi connectivity index (χ2v) is 8.85. The molecule has 2 aromatic rings. The van der Waals surface area contributed by atoms with Gasteiger partial charge in [-0.05, 0) is 62.7 Å². The molecule has 160 valence electrons. The molecular formula is C26H34N2O2. The number of hydrogen-bond donors (Lipinski definition) is 1. The first-order valence-electron chi connectivity index (χ1n) is 11.6. The predicted molar refractivity (Wildman–Crippen MR) is 123 cm³/mol. The Bertz CT molecular complexity index is 874. The molecule has 0 bridgehead atoms. The Balaban J connectivity index is 1.28. The molecule has 2 aliphatic rings. The van der Waals surface area contributed by atoms with E-state index in [9.17, 15) is 4.79 Å². The standard InChI is InChI=1S/C26H34N2O2/c29-26-24(10-6-16-27-26)19-28-17-14-21(15-18-28)12-13-23-9-4-5-11-25(23)30-20-22-7-2-1-3-8-22/h4-6,9-13,16,21-22H,1-3,7-8,14-15,17-20H2,(H,27,29)/b13-12-. The van der Waals surface area contributed by atoms with Gasteiger partial charge in [0.05, 0.1) is 6.61 Å². The van der Waals surface area contributed by atoms with E-state index in [1.807, 2.05) is 12.1 Å². The summed E-state index contributed by atoms with van der Waals surface area (Å²) in [5.41, 5.74) is 2.08. The molecular weight excluding hydrogens is 372 g/mol. The minimum Gasteiger partial charge on any atom is -0.493 e. The molecule has 1 N–H and O–H groups in total. The number of rotatable bonds is 7. The molecule has 0 spiro atoms. The number of pyridine rings is 1. The number of likely N-dealkylation sites (tertiary alicyclic amines) is 1. The zero-order valence-electron chi connectivity index (χ0n) is 17.9. The van der Waals surface area contributed by atoms with E-state index in [4.69, 9.17) is 4.74 Å². The van der Waals surface area contributed by atoms with Crippen molar-refractivity contribution in [1.29, 1.82) is 0 Å². The highest BCUT2D eigenvalue weighted by Crippen LogP contribution is 2.27. The zero-order valence-corrected chi connectivity index (χ0v) is 17.9. The summed E-state index contributed by atoms with van der Waals surface area (Å²) < 4.78 is 6.22. The highest BCUT2D eigenvalue weighted by molar-refractivity contribution is 5.57. The summed E-state index contributed by atoms with van der Waals surface area (Å²) in [7, 11) is 0. The van der Waals surface area contributed by atoms with Gasteiger partial charge in [-0.2, -0.15) is 0 Å². The van der Waals surface area contributed by atoms with Gasteiger partial charge >= 0.3 is 0 Å². The maximum atomic E-state index is 11.9.